The summed E-state index contributed by atoms with van der Waals surface area (Å²) in [7, 11) is 0. The van der Waals surface area contributed by atoms with Gasteiger partial charge in [-0.2, -0.15) is 0 Å². The average molecular weight is 1260 g/mol. The highest BCUT2D eigenvalue weighted by Gasteiger charge is 2.69. The van der Waals surface area contributed by atoms with Crippen LogP contribution < -0.4 is 0 Å². The molecule has 6 saturated heterocycles. The Morgan fingerprint density at radius 1 is 0.460 bits per heavy atom. The van der Waals surface area contributed by atoms with E-state index in [0.717, 1.165) is 19.3 Å². The Morgan fingerprint density at radius 2 is 0.931 bits per heavy atom. The van der Waals surface area contributed by atoms with Gasteiger partial charge in [-0.05, 0) is 97.7 Å². The maximum Gasteiger partial charge on any atom is 0.187 e. The summed E-state index contributed by atoms with van der Waals surface area (Å²) in [6.45, 7) is 4.43. The predicted octanol–water partition coefficient (Wildman–Crippen LogP) is -7.16. The van der Waals surface area contributed by atoms with Crippen LogP contribution in [0.15, 0.2) is 0 Å². The third-order valence-corrected chi connectivity index (χ3v) is 22.2. The number of aliphatic hydroxyl groups excluding tert-OH is 18. The summed E-state index contributed by atoms with van der Waals surface area (Å²) in [5.74, 6) is -1.33. The molecule has 0 spiro atoms. The molecular formula is C57H96O30. The first-order chi connectivity index (χ1) is 41.2. The maximum atomic E-state index is 12.2. The van der Waals surface area contributed by atoms with Gasteiger partial charge in [0.25, 0.3) is 0 Å². The Morgan fingerprint density at radius 3 is 1.51 bits per heavy atom. The van der Waals surface area contributed by atoms with E-state index in [0.29, 0.717) is 38.5 Å². The van der Waals surface area contributed by atoms with Crippen LogP contribution in [0, 0.1) is 52.3 Å². The lowest BCUT2D eigenvalue weighted by atomic mass is 9.43. The van der Waals surface area contributed by atoms with Crippen molar-refractivity contribution in [2.75, 3.05) is 39.6 Å². The minimum atomic E-state index is -2.08. The zero-order valence-corrected chi connectivity index (χ0v) is 49.3. The summed E-state index contributed by atoms with van der Waals surface area (Å²) in [5.41, 5.74) is -0.511. The van der Waals surface area contributed by atoms with Crippen LogP contribution >= 0.6 is 0 Å². The van der Waals surface area contributed by atoms with Crippen molar-refractivity contribution < 1.29 is 149 Å². The van der Waals surface area contributed by atoms with Crippen LogP contribution in [0.5, 0.6) is 0 Å². The van der Waals surface area contributed by atoms with Crippen LogP contribution in [0.3, 0.4) is 0 Å². The first kappa shape index (κ1) is 68.7. The molecule has 0 bridgehead atoms. The second-order valence-corrected chi connectivity index (χ2v) is 27.2. The highest BCUT2D eigenvalue weighted by Crippen LogP contribution is 2.71. The molecule has 0 aromatic heterocycles. The lowest BCUT2D eigenvalue weighted by Gasteiger charge is -2.62. The van der Waals surface area contributed by atoms with Gasteiger partial charge in [-0.3, -0.25) is 0 Å². The number of hydrogen-bond donors (Lipinski definition) is 19. The molecule has 11 unspecified atom stereocenters. The summed E-state index contributed by atoms with van der Waals surface area (Å²) in [6, 6.07) is 0. The quantitative estimate of drug-likeness (QED) is 0.0534. The van der Waals surface area contributed by atoms with Gasteiger partial charge in [-0.1, -0.05) is 27.7 Å². The van der Waals surface area contributed by atoms with E-state index in [1.54, 1.807) is 0 Å². The SMILES string of the molecule is CC(CCC1(O)OC2CC3C4CC(O)[C@H]5CC(O[C@@H]6O[C@H](CO)[C@H](O[C@@H]7O[C@H](CO)[C@@H](O)[C@@H](O[C@@H]8O[C@H](CO)[C@@H](O)[C@@H](O)[C@H]8O)[C@H]7O[C@@H]7O[C@H](CO)[C@@H](O)[C@@H](O)[C@H]7O)[C@@H](O)[C@H]6O)CCC5(C)C4CCC3(C)C2[C@@H]1C)CO[C@@H]1O[C@H](CO)[C@@H](O)[C@@H](O)[C@H]1O. The third kappa shape index (κ3) is 12.6. The summed E-state index contributed by atoms with van der Waals surface area (Å²) >= 11 is 0. The van der Waals surface area contributed by atoms with Crippen molar-refractivity contribution in [3.8, 4) is 0 Å². The minimum Gasteiger partial charge on any atom is -0.394 e. The van der Waals surface area contributed by atoms with E-state index in [1.807, 2.05) is 13.8 Å². The summed E-state index contributed by atoms with van der Waals surface area (Å²) < 4.78 is 65.8. The molecular weight excluding hydrogens is 1160 g/mol. The molecule has 10 aliphatic rings. The molecule has 0 aromatic carbocycles. The second kappa shape index (κ2) is 27.3. The van der Waals surface area contributed by atoms with Gasteiger partial charge in [-0.25, -0.2) is 0 Å². The van der Waals surface area contributed by atoms with E-state index in [4.69, 9.17) is 52.1 Å². The van der Waals surface area contributed by atoms with E-state index in [-0.39, 0.29) is 65.0 Å². The molecule has 4 saturated carbocycles. The number of fused-ring (bicyclic) bond motifs is 7. The van der Waals surface area contributed by atoms with Crippen molar-refractivity contribution in [3.63, 3.8) is 0 Å². The smallest absolute Gasteiger partial charge is 0.187 e. The molecule has 4 aliphatic carbocycles. The fourth-order valence-electron chi connectivity index (χ4n) is 17.2. The number of hydrogen-bond acceptors (Lipinski definition) is 30. The van der Waals surface area contributed by atoms with Crippen LogP contribution in [0.2, 0.25) is 0 Å². The van der Waals surface area contributed by atoms with E-state index in [2.05, 4.69) is 13.8 Å². The predicted molar refractivity (Wildman–Crippen MR) is 286 cm³/mol. The topological polar surface area (TPSA) is 486 Å². The van der Waals surface area contributed by atoms with Crippen molar-refractivity contribution in [1.82, 2.24) is 0 Å². The fraction of sp³-hybridized carbons (Fsp3) is 1.00. The van der Waals surface area contributed by atoms with Crippen LogP contribution in [-0.4, -0.2) is 314 Å². The van der Waals surface area contributed by atoms with Gasteiger partial charge in [0.15, 0.2) is 37.2 Å². The average Bonchev–Trinajstić information content (AvgIpc) is 1.60. The molecule has 0 aromatic rings. The van der Waals surface area contributed by atoms with Crippen molar-refractivity contribution >= 4 is 0 Å². The molecule has 0 amide bonds. The molecule has 10 fully saturated rings. The number of ether oxygens (including phenoxy) is 11. The van der Waals surface area contributed by atoms with E-state index < -0.39 is 205 Å². The van der Waals surface area contributed by atoms with E-state index in [9.17, 15) is 97.0 Å². The lowest BCUT2D eigenvalue weighted by molar-refractivity contribution is -0.406. The molecule has 10 rings (SSSR count). The molecule has 30 nitrogen and oxygen atoms in total. The molecule has 6 heterocycles. The monoisotopic (exact) mass is 1260 g/mol. The van der Waals surface area contributed by atoms with Crippen LogP contribution in [0.1, 0.15) is 85.5 Å². The molecule has 38 atom stereocenters. The maximum absolute atomic E-state index is 12.2. The van der Waals surface area contributed by atoms with Crippen LogP contribution in [0.4, 0.5) is 0 Å². The Kier molecular flexibility index (Phi) is 21.5. The first-order valence-corrected chi connectivity index (χ1v) is 31.0. The Labute approximate surface area is 502 Å². The standard InChI is InChI=1S/C57H96O30/c1-20(19-77-50-43(72)39(68)35(64)29(14-58)79-50)5-10-57(76)21(2)34-28(87-57)13-25-23-12-27(63)26-11-22(6-8-55(26,3)24(23)7-9-56(25,34)4)78-51-46(75)42(71)47(33(18-62)83-51)84-54-49(86-53-45(74)41(70)37(66)31(16-60)81-53)48(38(67)32(17-61)82-54)85-52-44(73)40(69)36(65)30(15-59)80-52/h20-54,58-76H,5-19H2,1-4H3/t20?,21-,22?,23?,24?,25?,26+,27?,28?,29+,30+,31+,32+,33+,34?,35+,36+,37+,38+,39+,40+,41+,42-,43+,44+,45+,46+,47-,48+,49+,50+,51+,52-,53-,54-,55?,56?,57?/m0/s1. The Bertz CT molecular complexity index is 2220. The number of aliphatic hydroxyl groups is 19. The summed E-state index contributed by atoms with van der Waals surface area (Å²) in [5, 5.41) is 205. The molecule has 30 heteroatoms. The molecule has 19 N–H and O–H groups in total. The van der Waals surface area contributed by atoms with Gasteiger partial charge >= 0.3 is 0 Å². The van der Waals surface area contributed by atoms with Gasteiger partial charge < -0.3 is 149 Å². The Balaban J connectivity index is 0.777. The van der Waals surface area contributed by atoms with Crippen molar-refractivity contribution in [2.45, 2.75) is 263 Å². The van der Waals surface area contributed by atoms with Gasteiger partial charge in [0.2, 0.25) is 0 Å². The van der Waals surface area contributed by atoms with Gasteiger partial charge in [0.1, 0.15) is 122 Å². The van der Waals surface area contributed by atoms with Gasteiger partial charge in [0.05, 0.1) is 58.0 Å². The first-order valence-electron chi connectivity index (χ1n) is 31.0. The van der Waals surface area contributed by atoms with Gasteiger partial charge in [0, 0.05) is 12.3 Å². The minimum absolute atomic E-state index is 0.0498. The Hall–Kier alpha value is -1.20. The highest BCUT2D eigenvalue weighted by molar-refractivity contribution is 5.16. The largest absolute Gasteiger partial charge is 0.394 e. The molecule has 0 radical (unpaired) electrons. The molecule has 504 valence electrons. The molecule has 87 heavy (non-hydrogen) atoms. The van der Waals surface area contributed by atoms with Crippen LogP contribution in [0.25, 0.3) is 0 Å². The normalized spacial score (nSPS) is 55.6. The van der Waals surface area contributed by atoms with Gasteiger partial charge in [-0.15, -0.1) is 0 Å². The van der Waals surface area contributed by atoms with E-state index >= 15 is 0 Å². The van der Waals surface area contributed by atoms with Crippen LogP contribution in [-0.2, 0) is 52.1 Å². The molecule has 6 aliphatic heterocycles. The summed E-state index contributed by atoms with van der Waals surface area (Å²) in [6.07, 6.45) is -40.2. The summed E-state index contributed by atoms with van der Waals surface area (Å²) in [4.78, 5) is 0. The lowest BCUT2D eigenvalue weighted by Crippen LogP contribution is -2.68. The van der Waals surface area contributed by atoms with Crippen molar-refractivity contribution in [1.29, 1.82) is 0 Å². The van der Waals surface area contributed by atoms with Crippen molar-refractivity contribution in [2.24, 2.45) is 52.3 Å². The number of rotatable bonds is 19. The second-order valence-electron chi connectivity index (χ2n) is 27.2. The zero-order chi connectivity index (χ0) is 63.1. The van der Waals surface area contributed by atoms with Crippen molar-refractivity contribution in [3.05, 3.63) is 0 Å². The zero-order valence-electron chi connectivity index (χ0n) is 49.3. The fourth-order valence-corrected chi connectivity index (χ4v) is 17.2. The third-order valence-electron chi connectivity index (χ3n) is 22.2. The highest BCUT2D eigenvalue weighted by atomic mass is 16.8. The van der Waals surface area contributed by atoms with E-state index in [1.165, 1.54) is 0 Å².